The number of nitrogens with zero attached hydrogens (tertiary/aromatic N) is 1. The predicted molar refractivity (Wildman–Crippen MR) is 55.3 cm³/mol. The van der Waals surface area contributed by atoms with E-state index >= 15 is 0 Å². The summed E-state index contributed by atoms with van der Waals surface area (Å²) in [5.41, 5.74) is 5.27. The van der Waals surface area contributed by atoms with Crippen LogP contribution in [0, 0.1) is 5.41 Å². The summed E-state index contributed by atoms with van der Waals surface area (Å²) in [5.74, 6) is 0.0318. The van der Waals surface area contributed by atoms with Gasteiger partial charge >= 0.3 is 6.03 Å². The molecule has 1 rings (SSSR count). The lowest BCUT2D eigenvalue weighted by Gasteiger charge is -2.21. The van der Waals surface area contributed by atoms with Crippen LogP contribution >= 0.6 is 0 Å². The summed E-state index contributed by atoms with van der Waals surface area (Å²) in [6.45, 7) is 2.88. The van der Waals surface area contributed by atoms with Gasteiger partial charge in [-0.1, -0.05) is 6.92 Å². The second-order valence-corrected chi connectivity index (χ2v) is 3.67. The van der Waals surface area contributed by atoms with Crippen LogP contribution in [0.5, 0.6) is 0 Å². The average molecular weight is 198 g/mol. The first-order valence-electron chi connectivity index (χ1n) is 5.01. The number of nitrogens with two attached hydrogens (primary N) is 1. The summed E-state index contributed by atoms with van der Waals surface area (Å²) >= 11 is 0. The Morgan fingerprint density at radius 1 is 1.64 bits per heavy atom. The van der Waals surface area contributed by atoms with Crippen molar-refractivity contribution >= 4 is 11.9 Å². The van der Waals surface area contributed by atoms with Crippen LogP contribution in [0.25, 0.3) is 0 Å². The summed E-state index contributed by atoms with van der Waals surface area (Å²) in [5, 5.41) is 10.0. The summed E-state index contributed by atoms with van der Waals surface area (Å²) in [6.07, 6.45) is 3.03. The number of urea groups is 1. The van der Waals surface area contributed by atoms with Crippen molar-refractivity contribution in [2.24, 2.45) is 5.73 Å². The Bertz CT molecular complexity index is 225. The lowest BCUT2D eigenvalue weighted by molar-refractivity contribution is 0.204. The van der Waals surface area contributed by atoms with Crippen LogP contribution in [-0.2, 0) is 0 Å². The Kier molecular flexibility index (Phi) is 3.73. The van der Waals surface area contributed by atoms with Crippen molar-refractivity contribution in [2.45, 2.75) is 32.2 Å². The van der Waals surface area contributed by atoms with Gasteiger partial charge in [0.1, 0.15) is 5.84 Å². The summed E-state index contributed by atoms with van der Waals surface area (Å²) < 4.78 is 0. The first-order valence-corrected chi connectivity index (χ1v) is 5.01. The van der Waals surface area contributed by atoms with Crippen molar-refractivity contribution in [3.05, 3.63) is 0 Å². The molecule has 80 valence electrons. The van der Waals surface area contributed by atoms with E-state index in [1.165, 1.54) is 0 Å². The molecule has 0 bridgehead atoms. The van der Waals surface area contributed by atoms with Crippen LogP contribution in [0.15, 0.2) is 0 Å². The van der Waals surface area contributed by atoms with E-state index in [-0.39, 0.29) is 18.4 Å². The second kappa shape index (κ2) is 4.83. The van der Waals surface area contributed by atoms with Crippen LogP contribution in [-0.4, -0.2) is 35.9 Å². The third-order valence-electron chi connectivity index (χ3n) is 2.05. The highest BCUT2D eigenvalue weighted by atomic mass is 16.2. The number of rotatable bonds is 5. The van der Waals surface area contributed by atoms with Gasteiger partial charge in [0.2, 0.25) is 0 Å². The quantitative estimate of drug-likeness (QED) is 0.444. The minimum Gasteiger partial charge on any atom is -0.386 e. The zero-order valence-corrected chi connectivity index (χ0v) is 8.55. The average Bonchev–Trinajstić information content (AvgIpc) is 2.86. The molecule has 1 saturated carbocycles. The maximum absolute atomic E-state index is 11.6. The fraction of sp³-hybridized carbons (Fsp3) is 0.778. The van der Waals surface area contributed by atoms with Gasteiger partial charge in [0.05, 0.1) is 6.54 Å². The molecular weight excluding hydrogens is 180 g/mol. The van der Waals surface area contributed by atoms with Gasteiger partial charge < -0.3 is 16.0 Å². The standard InChI is InChI=1S/C9H18N4O/c1-2-5-13(6-8(10)11)9(14)12-7-3-4-7/h7H,2-6H2,1H3,(H3,10,11)(H,12,14). The number of hydrogen-bond donors (Lipinski definition) is 3. The molecule has 0 heterocycles. The molecule has 5 nitrogen and oxygen atoms in total. The van der Waals surface area contributed by atoms with Crippen LogP contribution < -0.4 is 11.1 Å². The topological polar surface area (TPSA) is 82.2 Å². The van der Waals surface area contributed by atoms with Crippen LogP contribution in [0.2, 0.25) is 0 Å². The first-order chi connectivity index (χ1) is 6.63. The number of amides is 2. The molecule has 2 amide bonds. The van der Waals surface area contributed by atoms with Crippen LogP contribution in [0.4, 0.5) is 4.79 Å². The summed E-state index contributed by atoms with van der Waals surface area (Å²) in [7, 11) is 0. The van der Waals surface area contributed by atoms with Gasteiger partial charge in [0, 0.05) is 12.6 Å². The maximum Gasteiger partial charge on any atom is 0.318 e. The molecule has 5 heteroatoms. The van der Waals surface area contributed by atoms with Gasteiger partial charge in [-0.15, -0.1) is 0 Å². The molecule has 1 aliphatic carbocycles. The van der Waals surface area contributed by atoms with E-state index < -0.39 is 0 Å². The molecule has 14 heavy (non-hydrogen) atoms. The van der Waals surface area contributed by atoms with Crippen molar-refractivity contribution in [3.8, 4) is 0 Å². The Morgan fingerprint density at radius 2 is 2.29 bits per heavy atom. The van der Waals surface area contributed by atoms with Gasteiger partial charge in [0.25, 0.3) is 0 Å². The lowest BCUT2D eigenvalue weighted by Crippen LogP contribution is -2.45. The molecule has 0 spiro atoms. The zero-order chi connectivity index (χ0) is 10.6. The number of amidine groups is 1. The minimum atomic E-state index is -0.0930. The smallest absolute Gasteiger partial charge is 0.318 e. The van der Waals surface area contributed by atoms with Crippen LogP contribution in [0.1, 0.15) is 26.2 Å². The maximum atomic E-state index is 11.6. The highest BCUT2D eigenvalue weighted by Gasteiger charge is 2.25. The normalized spacial score (nSPS) is 14.9. The minimum absolute atomic E-state index is 0.0318. The van der Waals surface area contributed by atoms with Gasteiger partial charge in [-0.3, -0.25) is 5.41 Å². The van der Waals surface area contributed by atoms with E-state index in [0.29, 0.717) is 12.6 Å². The molecule has 1 aliphatic rings. The highest BCUT2D eigenvalue weighted by Crippen LogP contribution is 2.18. The fourth-order valence-corrected chi connectivity index (χ4v) is 1.22. The number of nitrogens with one attached hydrogen (secondary N) is 2. The Balaban J connectivity index is 2.37. The van der Waals surface area contributed by atoms with E-state index in [1.807, 2.05) is 6.92 Å². The molecule has 0 saturated heterocycles. The van der Waals surface area contributed by atoms with E-state index in [2.05, 4.69) is 5.32 Å². The van der Waals surface area contributed by atoms with Gasteiger partial charge in [0.15, 0.2) is 0 Å². The highest BCUT2D eigenvalue weighted by molar-refractivity contribution is 5.84. The zero-order valence-electron chi connectivity index (χ0n) is 8.55. The molecule has 0 aromatic heterocycles. The molecule has 0 aromatic carbocycles. The van der Waals surface area contributed by atoms with E-state index in [4.69, 9.17) is 11.1 Å². The van der Waals surface area contributed by atoms with E-state index in [1.54, 1.807) is 4.90 Å². The summed E-state index contributed by atoms with van der Waals surface area (Å²) in [4.78, 5) is 13.2. The summed E-state index contributed by atoms with van der Waals surface area (Å²) in [6, 6.07) is 0.262. The Labute approximate surface area is 84.1 Å². The number of hydrogen-bond acceptors (Lipinski definition) is 2. The number of carbonyl (C=O) groups excluding carboxylic acids is 1. The van der Waals surface area contributed by atoms with Crippen molar-refractivity contribution < 1.29 is 4.79 Å². The molecule has 0 radical (unpaired) electrons. The third-order valence-corrected chi connectivity index (χ3v) is 2.05. The second-order valence-electron chi connectivity index (χ2n) is 3.67. The van der Waals surface area contributed by atoms with E-state index in [9.17, 15) is 4.79 Å². The molecule has 1 fully saturated rings. The first kappa shape index (κ1) is 10.8. The number of carbonyl (C=O) groups is 1. The van der Waals surface area contributed by atoms with Crippen molar-refractivity contribution in [2.75, 3.05) is 13.1 Å². The Hall–Kier alpha value is -1.26. The predicted octanol–water partition coefficient (Wildman–Crippen LogP) is 0.506. The van der Waals surface area contributed by atoms with Gasteiger partial charge in [-0.2, -0.15) is 0 Å². The monoisotopic (exact) mass is 198 g/mol. The Morgan fingerprint density at radius 3 is 2.71 bits per heavy atom. The molecular formula is C9H18N4O. The molecule has 0 unspecified atom stereocenters. The molecule has 0 aliphatic heterocycles. The molecule has 4 N–H and O–H groups in total. The van der Waals surface area contributed by atoms with Gasteiger partial charge in [-0.05, 0) is 19.3 Å². The third kappa shape index (κ3) is 3.64. The molecule has 0 atom stereocenters. The van der Waals surface area contributed by atoms with E-state index in [0.717, 1.165) is 19.3 Å². The lowest BCUT2D eigenvalue weighted by atomic mass is 10.4. The molecule has 0 aromatic rings. The largest absolute Gasteiger partial charge is 0.386 e. The van der Waals surface area contributed by atoms with Crippen molar-refractivity contribution in [1.82, 2.24) is 10.2 Å². The van der Waals surface area contributed by atoms with Crippen molar-refractivity contribution in [3.63, 3.8) is 0 Å². The SMILES string of the molecule is CCCN(CC(=N)N)C(=O)NC1CC1. The fourth-order valence-electron chi connectivity index (χ4n) is 1.22. The van der Waals surface area contributed by atoms with Crippen LogP contribution in [0.3, 0.4) is 0 Å². The van der Waals surface area contributed by atoms with Crippen molar-refractivity contribution in [1.29, 1.82) is 5.41 Å². The van der Waals surface area contributed by atoms with Gasteiger partial charge in [-0.25, -0.2) is 4.79 Å².